The number of phenols is 1. The molecule has 0 saturated carbocycles. The number of fused-ring (bicyclic) bond motifs is 1. The summed E-state index contributed by atoms with van der Waals surface area (Å²) >= 11 is 6.10. The Morgan fingerprint density at radius 1 is 1.19 bits per heavy atom. The zero-order chi connectivity index (χ0) is 20.6. The van der Waals surface area contributed by atoms with Crippen molar-refractivity contribution >= 4 is 23.6 Å². The summed E-state index contributed by atoms with van der Waals surface area (Å²) < 4.78 is 17.3. The molecule has 27 heavy (non-hydrogen) atoms. The van der Waals surface area contributed by atoms with Crippen molar-refractivity contribution in [1.29, 1.82) is 0 Å². The van der Waals surface area contributed by atoms with E-state index < -0.39 is 6.50 Å². The fourth-order valence-electron chi connectivity index (χ4n) is 3.45. The summed E-state index contributed by atoms with van der Waals surface area (Å²) in [5, 5.41) is 24.4. The number of halogens is 1. The topological polar surface area (TPSA) is 65.3 Å². The van der Waals surface area contributed by atoms with Crippen LogP contribution in [0.5, 0.6) is 11.5 Å². The smallest absolute Gasteiger partial charge is 0.248 e. The van der Waals surface area contributed by atoms with Gasteiger partial charge in [-0.1, -0.05) is 35.9 Å². The van der Waals surface area contributed by atoms with Crippen LogP contribution < -0.4 is 4.84 Å². The van der Waals surface area contributed by atoms with Crippen molar-refractivity contribution < 1.29 is 17.8 Å². The van der Waals surface area contributed by atoms with Crippen LogP contribution in [-0.2, 0) is 6.50 Å². The highest BCUT2D eigenvalue weighted by Gasteiger charge is 2.23. The van der Waals surface area contributed by atoms with Gasteiger partial charge in [-0.2, -0.15) is 0 Å². The Balaban J connectivity index is 1.55. The largest absolute Gasteiger partial charge is 0.504 e. The van der Waals surface area contributed by atoms with Gasteiger partial charge in [-0.05, 0) is 60.8 Å². The molecule has 140 valence electrons. The highest BCUT2D eigenvalue weighted by atomic mass is 35.5. The maximum Gasteiger partial charge on any atom is 0.248 e. The van der Waals surface area contributed by atoms with E-state index in [1.165, 1.54) is 11.6 Å². The molecule has 0 radical (unpaired) electrons. The van der Waals surface area contributed by atoms with E-state index in [0.717, 1.165) is 12.8 Å². The second kappa shape index (κ2) is 7.62. The zero-order valence-corrected chi connectivity index (χ0v) is 15.4. The molecule has 0 atom stereocenters. The number of benzene rings is 2. The van der Waals surface area contributed by atoms with E-state index >= 15 is 0 Å². The highest BCUT2D eigenvalue weighted by molar-refractivity contribution is 6.30. The molecule has 2 aliphatic rings. The molecular formula is C21H21ClN2O3. The third kappa shape index (κ3) is 3.94. The molecule has 6 heteroatoms. The van der Waals surface area contributed by atoms with Gasteiger partial charge in [0.1, 0.15) is 0 Å². The van der Waals surface area contributed by atoms with Gasteiger partial charge in [-0.3, -0.25) is 4.90 Å². The number of aromatic hydroxyl groups is 1. The highest BCUT2D eigenvalue weighted by Crippen LogP contribution is 2.37. The van der Waals surface area contributed by atoms with Crippen LogP contribution in [0.1, 0.15) is 38.2 Å². The molecule has 0 unspecified atom stereocenters. The van der Waals surface area contributed by atoms with Crippen LogP contribution in [0.25, 0.3) is 6.08 Å². The van der Waals surface area contributed by atoms with Crippen LogP contribution in [0.4, 0.5) is 0 Å². The Hall–Kier alpha value is -2.50. The summed E-state index contributed by atoms with van der Waals surface area (Å²) in [5.74, 6) is -0.284. The molecule has 2 aromatic carbocycles. The SMILES string of the molecule is [2H]C([2H])(c1ccc2c(c1O)ON=C(O)C=C2)N1CCC(c2cccc(Cl)c2)CC1. The Bertz CT molecular complexity index is 986. The van der Waals surface area contributed by atoms with Crippen LogP contribution in [0, 0.1) is 0 Å². The van der Waals surface area contributed by atoms with Crippen molar-refractivity contribution in [2.75, 3.05) is 13.1 Å². The summed E-state index contributed by atoms with van der Waals surface area (Å²) in [6.45, 7) is -0.801. The van der Waals surface area contributed by atoms with Crippen LogP contribution in [0.3, 0.4) is 0 Å². The van der Waals surface area contributed by atoms with Crippen molar-refractivity contribution in [3.8, 4) is 11.5 Å². The number of aliphatic hydroxyl groups excluding tert-OH is 1. The molecule has 2 aliphatic heterocycles. The minimum absolute atomic E-state index is 0.0282. The first-order valence-corrected chi connectivity index (χ1v) is 9.23. The molecule has 0 aliphatic carbocycles. The fourth-order valence-corrected chi connectivity index (χ4v) is 3.65. The van der Waals surface area contributed by atoms with Gasteiger partial charge in [0.25, 0.3) is 0 Å². The molecule has 5 nitrogen and oxygen atoms in total. The number of piperidine rings is 1. The predicted octanol–water partition coefficient (Wildman–Crippen LogP) is 4.70. The quantitative estimate of drug-likeness (QED) is 0.802. The van der Waals surface area contributed by atoms with Gasteiger partial charge in [-0.25, -0.2) is 0 Å². The molecule has 0 aromatic heterocycles. The summed E-state index contributed by atoms with van der Waals surface area (Å²) in [6.07, 6.45) is 4.49. The Morgan fingerprint density at radius 3 is 2.78 bits per heavy atom. The number of hydrogen-bond acceptors (Lipinski definition) is 4. The first kappa shape index (κ1) is 15.5. The number of likely N-dealkylation sites (tertiary alicyclic amines) is 1. The number of oxime groups is 1. The molecule has 2 aromatic rings. The third-order valence-electron chi connectivity index (χ3n) is 4.90. The number of hydrogen-bond donors (Lipinski definition) is 2. The summed E-state index contributed by atoms with van der Waals surface area (Å²) in [7, 11) is 0. The van der Waals surface area contributed by atoms with Crippen molar-refractivity contribution in [3.63, 3.8) is 0 Å². The van der Waals surface area contributed by atoms with Gasteiger partial charge < -0.3 is 15.1 Å². The molecule has 4 rings (SSSR count). The van der Waals surface area contributed by atoms with Gasteiger partial charge in [0.05, 0.1) is 0 Å². The minimum Gasteiger partial charge on any atom is -0.504 e. The molecule has 1 fully saturated rings. The van der Waals surface area contributed by atoms with Crippen LogP contribution in [0.2, 0.25) is 5.02 Å². The van der Waals surface area contributed by atoms with E-state index in [2.05, 4.69) is 11.2 Å². The van der Waals surface area contributed by atoms with Gasteiger partial charge in [0.15, 0.2) is 5.75 Å². The van der Waals surface area contributed by atoms with E-state index in [1.807, 2.05) is 18.2 Å². The Morgan fingerprint density at radius 2 is 2.00 bits per heavy atom. The van der Waals surface area contributed by atoms with Gasteiger partial charge >= 0.3 is 0 Å². The zero-order valence-electron chi connectivity index (χ0n) is 16.6. The monoisotopic (exact) mass is 386 g/mol. The molecule has 2 N–H and O–H groups in total. The lowest BCUT2D eigenvalue weighted by molar-refractivity contribution is 0.202. The first-order valence-electron chi connectivity index (χ1n) is 9.85. The lowest BCUT2D eigenvalue weighted by Crippen LogP contribution is -2.32. The van der Waals surface area contributed by atoms with Crippen LogP contribution in [0.15, 0.2) is 47.6 Å². The predicted molar refractivity (Wildman–Crippen MR) is 107 cm³/mol. The molecule has 2 heterocycles. The lowest BCUT2D eigenvalue weighted by Gasteiger charge is -2.32. The van der Waals surface area contributed by atoms with E-state index in [9.17, 15) is 10.2 Å². The second-order valence-corrected chi connectivity index (χ2v) is 7.12. The van der Waals surface area contributed by atoms with Gasteiger partial charge in [-0.15, -0.1) is 0 Å². The van der Waals surface area contributed by atoms with Gasteiger partial charge in [0, 0.05) is 31.5 Å². The Kier molecular flexibility index (Phi) is 4.39. The number of phenolic OH excluding ortho intramolecular Hbond substituents is 1. The standard InChI is InChI=1S/C21H21ClN2O3/c22-18-3-1-2-16(12-18)14-8-10-24(11-9-14)13-17-5-4-15-6-7-19(25)23-27-21(15)20(17)26/h1-7,12,14,26H,8-11,13H2,(H,23,25)/i13D2. The first-order chi connectivity index (χ1) is 13.9. The molecule has 0 amide bonds. The normalized spacial score (nSPS) is 19.4. The average Bonchev–Trinajstić information content (AvgIpc) is 2.90. The van der Waals surface area contributed by atoms with Crippen LogP contribution >= 0.6 is 11.6 Å². The maximum absolute atomic E-state index is 10.7. The van der Waals surface area contributed by atoms with Crippen molar-refractivity contribution in [2.24, 2.45) is 5.16 Å². The lowest BCUT2D eigenvalue weighted by atomic mass is 9.89. The molecule has 0 bridgehead atoms. The summed E-state index contributed by atoms with van der Waals surface area (Å²) in [6, 6.07) is 11.0. The fraction of sp³-hybridized carbons (Fsp3) is 0.286. The van der Waals surface area contributed by atoms with Crippen LogP contribution in [-0.4, -0.2) is 34.1 Å². The van der Waals surface area contributed by atoms with Crippen molar-refractivity contribution in [2.45, 2.75) is 25.3 Å². The number of nitrogens with zero attached hydrogens (tertiary/aromatic N) is 2. The summed E-state index contributed by atoms with van der Waals surface area (Å²) in [4.78, 5) is 6.85. The van der Waals surface area contributed by atoms with Gasteiger partial charge in [0.2, 0.25) is 11.6 Å². The molecular weight excluding hydrogens is 364 g/mol. The van der Waals surface area contributed by atoms with E-state index in [4.69, 9.17) is 19.2 Å². The third-order valence-corrected chi connectivity index (χ3v) is 5.13. The summed E-state index contributed by atoms with van der Waals surface area (Å²) in [5.41, 5.74) is 1.79. The van der Waals surface area contributed by atoms with Crippen molar-refractivity contribution in [1.82, 2.24) is 4.90 Å². The minimum atomic E-state index is -1.89. The van der Waals surface area contributed by atoms with E-state index in [0.29, 0.717) is 29.6 Å². The second-order valence-electron chi connectivity index (χ2n) is 6.68. The maximum atomic E-state index is 10.7. The van der Waals surface area contributed by atoms with E-state index in [1.54, 1.807) is 23.1 Å². The number of aliphatic hydroxyl groups is 1. The van der Waals surface area contributed by atoms with Crippen molar-refractivity contribution in [3.05, 3.63) is 64.2 Å². The molecule has 1 saturated heterocycles. The number of rotatable bonds is 3. The van der Waals surface area contributed by atoms with E-state index in [-0.39, 0.29) is 23.0 Å². The average molecular weight is 387 g/mol. The molecule has 0 spiro atoms. The Labute approximate surface area is 165 Å².